The summed E-state index contributed by atoms with van der Waals surface area (Å²) in [6.07, 6.45) is 7.27. The molecule has 0 saturated heterocycles. The van der Waals surface area contributed by atoms with Crippen molar-refractivity contribution in [3.63, 3.8) is 0 Å². The van der Waals surface area contributed by atoms with Crippen LogP contribution in [0.25, 0.3) is 0 Å². The van der Waals surface area contributed by atoms with E-state index < -0.39 is 0 Å². The van der Waals surface area contributed by atoms with Gasteiger partial charge in [-0.05, 0) is 33.1 Å². The Hall–Kier alpha value is -0.810. The summed E-state index contributed by atoms with van der Waals surface area (Å²) >= 11 is 0. The standard InChI is InChI=1S/C15H28N2O3/c1-3-20-13-9-12(15(13)7-5-4-6-8-15)17-14(19)16-11(2)10-18/h11-13,18H,3-10H2,1-2H3,(H2,16,17,19). The van der Waals surface area contributed by atoms with Gasteiger partial charge < -0.3 is 20.5 Å². The van der Waals surface area contributed by atoms with Gasteiger partial charge in [0.05, 0.1) is 18.8 Å². The molecule has 3 unspecified atom stereocenters. The van der Waals surface area contributed by atoms with Crippen LogP contribution >= 0.6 is 0 Å². The van der Waals surface area contributed by atoms with E-state index in [1.807, 2.05) is 6.92 Å². The summed E-state index contributed by atoms with van der Waals surface area (Å²) in [4.78, 5) is 11.9. The number of carbonyl (C=O) groups excluding carboxylic acids is 1. The van der Waals surface area contributed by atoms with Crippen LogP contribution in [0.15, 0.2) is 0 Å². The highest BCUT2D eigenvalue weighted by atomic mass is 16.5. The van der Waals surface area contributed by atoms with Gasteiger partial charge in [0.1, 0.15) is 0 Å². The van der Waals surface area contributed by atoms with Crippen LogP contribution in [0.1, 0.15) is 52.4 Å². The molecule has 3 atom stereocenters. The lowest BCUT2D eigenvalue weighted by molar-refractivity contribution is -0.146. The number of aliphatic hydroxyl groups excluding tert-OH is 1. The lowest BCUT2D eigenvalue weighted by Gasteiger charge is -2.57. The average molecular weight is 284 g/mol. The topological polar surface area (TPSA) is 70.6 Å². The zero-order valence-electron chi connectivity index (χ0n) is 12.7. The second-order valence-corrected chi connectivity index (χ2v) is 6.23. The fourth-order valence-corrected chi connectivity index (χ4v) is 3.74. The summed E-state index contributed by atoms with van der Waals surface area (Å²) in [5.41, 5.74) is 0.147. The molecule has 0 aromatic rings. The Morgan fingerprint density at radius 3 is 2.70 bits per heavy atom. The van der Waals surface area contributed by atoms with Crippen molar-refractivity contribution < 1.29 is 14.6 Å². The van der Waals surface area contributed by atoms with Crippen molar-refractivity contribution in [2.24, 2.45) is 5.41 Å². The molecule has 2 saturated carbocycles. The smallest absolute Gasteiger partial charge is 0.315 e. The van der Waals surface area contributed by atoms with Crippen molar-refractivity contribution in [3.05, 3.63) is 0 Å². The van der Waals surface area contributed by atoms with Crippen LogP contribution in [0, 0.1) is 5.41 Å². The molecule has 0 aromatic carbocycles. The predicted octanol–water partition coefficient (Wildman–Crippen LogP) is 1.79. The molecule has 0 aromatic heterocycles. The summed E-state index contributed by atoms with van der Waals surface area (Å²) in [5.74, 6) is 0. The second-order valence-electron chi connectivity index (χ2n) is 6.23. The molecule has 0 bridgehead atoms. The third kappa shape index (κ3) is 3.09. The highest BCUT2D eigenvalue weighted by molar-refractivity contribution is 5.74. The number of ether oxygens (including phenoxy) is 1. The number of aliphatic hydroxyl groups is 1. The van der Waals surface area contributed by atoms with E-state index in [9.17, 15) is 4.79 Å². The van der Waals surface area contributed by atoms with Crippen LogP contribution in [-0.4, -0.2) is 42.5 Å². The van der Waals surface area contributed by atoms with Gasteiger partial charge in [0.15, 0.2) is 0 Å². The normalized spacial score (nSPS) is 29.6. The minimum atomic E-state index is -0.208. The first-order valence-corrected chi connectivity index (χ1v) is 7.92. The van der Waals surface area contributed by atoms with Crippen LogP contribution < -0.4 is 10.6 Å². The van der Waals surface area contributed by atoms with Gasteiger partial charge in [0.2, 0.25) is 0 Å². The third-order valence-electron chi connectivity index (χ3n) is 4.89. The van der Waals surface area contributed by atoms with Gasteiger partial charge in [-0.3, -0.25) is 0 Å². The number of nitrogens with one attached hydrogen (secondary N) is 2. The molecule has 2 aliphatic carbocycles. The van der Waals surface area contributed by atoms with E-state index >= 15 is 0 Å². The van der Waals surface area contributed by atoms with E-state index in [1.54, 1.807) is 6.92 Å². The summed E-state index contributed by atoms with van der Waals surface area (Å²) < 4.78 is 5.87. The third-order valence-corrected chi connectivity index (χ3v) is 4.89. The molecule has 20 heavy (non-hydrogen) atoms. The largest absolute Gasteiger partial charge is 0.394 e. The van der Waals surface area contributed by atoms with Gasteiger partial charge in [0, 0.05) is 18.1 Å². The van der Waals surface area contributed by atoms with Crippen LogP contribution in [0.3, 0.4) is 0 Å². The lowest BCUT2D eigenvalue weighted by Crippen LogP contribution is -2.66. The van der Waals surface area contributed by atoms with E-state index in [2.05, 4.69) is 10.6 Å². The monoisotopic (exact) mass is 284 g/mol. The van der Waals surface area contributed by atoms with Crippen molar-refractivity contribution in [1.82, 2.24) is 10.6 Å². The Kier molecular flexibility index (Phi) is 5.27. The molecule has 0 radical (unpaired) electrons. The maximum atomic E-state index is 11.9. The molecular weight excluding hydrogens is 256 g/mol. The van der Waals surface area contributed by atoms with Crippen molar-refractivity contribution in [1.29, 1.82) is 0 Å². The molecule has 2 amide bonds. The van der Waals surface area contributed by atoms with Crippen molar-refractivity contribution in [2.75, 3.05) is 13.2 Å². The molecule has 5 heteroatoms. The Labute approximate surface area is 121 Å². The Balaban J connectivity index is 1.92. The highest BCUT2D eigenvalue weighted by Crippen LogP contribution is 2.53. The fraction of sp³-hybridized carbons (Fsp3) is 0.933. The molecule has 1 spiro atoms. The summed E-state index contributed by atoms with van der Waals surface area (Å²) in [6, 6.07) is -0.165. The quantitative estimate of drug-likeness (QED) is 0.721. The minimum Gasteiger partial charge on any atom is -0.394 e. The van der Waals surface area contributed by atoms with E-state index in [0.29, 0.717) is 6.10 Å². The first-order chi connectivity index (χ1) is 9.62. The van der Waals surface area contributed by atoms with Gasteiger partial charge in [-0.2, -0.15) is 0 Å². The molecule has 2 fully saturated rings. The molecule has 0 heterocycles. The second kappa shape index (κ2) is 6.76. The van der Waals surface area contributed by atoms with E-state index in [4.69, 9.17) is 9.84 Å². The zero-order chi connectivity index (χ0) is 14.6. The van der Waals surface area contributed by atoms with Crippen molar-refractivity contribution >= 4 is 6.03 Å². The number of urea groups is 1. The van der Waals surface area contributed by atoms with Crippen LogP contribution in [-0.2, 0) is 4.74 Å². The number of carbonyl (C=O) groups is 1. The first kappa shape index (κ1) is 15.6. The maximum Gasteiger partial charge on any atom is 0.315 e. The van der Waals surface area contributed by atoms with Gasteiger partial charge in [-0.25, -0.2) is 4.79 Å². The Morgan fingerprint density at radius 2 is 2.10 bits per heavy atom. The van der Waals surface area contributed by atoms with Gasteiger partial charge in [-0.1, -0.05) is 19.3 Å². The van der Waals surface area contributed by atoms with Gasteiger partial charge in [0.25, 0.3) is 0 Å². The molecule has 116 valence electrons. The van der Waals surface area contributed by atoms with Crippen LogP contribution in [0.4, 0.5) is 4.79 Å². The highest BCUT2D eigenvalue weighted by Gasteiger charge is 2.56. The van der Waals surface area contributed by atoms with Crippen molar-refractivity contribution in [2.45, 2.75) is 70.6 Å². The Bertz CT molecular complexity index is 329. The Morgan fingerprint density at radius 1 is 1.40 bits per heavy atom. The van der Waals surface area contributed by atoms with E-state index in [-0.39, 0.29) is 30.1 Å². The zero-order valence-corrected chi connectivity index (χ0v) is 12.7. The molecule has 5 nitrogen and oxygen atoms in total. The molecule has 2 rings (SSSR count). The molecule has 3 N–H and O–H groups in total. The number of hydrogen-bond donors (Lipinski definition) is 3. The number of rotatable bonds is 5. The lowest BCUT2D eigenvalue weighted by atomic mass is 9.55. The average Bonchev–Trinajstić information content (AvgIpc) is 2.47. The minimum absolute atomic E-state index is 0.0369. The van der Waals surface area contributed by atoms with Crippen molar-refractivity contribution in [3.8, 4) is 0 Å². The predicted molar refractivity (Wildman–Crippen MR) is 77.6 cm³/mol. The van der Waals surface area contributed by atoms with Crippen LogP contribution in [0.2, 0.25) is 0 Å². The van der Waals surface area contributed by atoms with Gasteiger partial charge in [-0.15, -0.1) is 0 Å². The first-order valence-electron chi connectivity index (χ1n) is 7.92. The summed E-state index contributed by atoms with van der Waals surface area (Å²) in [5, 5.41) is 14.8. The maximum absolute atomic E-state index is 11.9. The van der Waals surface area contributed by atoms with Crippen LogP contribution in [0.5, 0.6) is 0 Å². The summed E-state index contributed by atoms with van der Waals surface area (Å²) in [6.45, 7) is 4.53. The fourth-order valence-electron chi connectivity index (χ4n) is 3.74. The number of hydrogen-bond acceptors (Lipinski definition) is 3. The molecule has 0 aliphatic heterocycles. The van der Waals surface area contributed by atoms with E-state index in [1.165, 1.54) is 19.3 Å². The van der Waals surface area contributed by atoms with E-state index in [0.717, 1.165) is 25.9 Å². The summed E-state index contributed by atoms with van der Waals surface area (Å²) in [7, 11) is 0. The molecule has 2 aliphatic rings. The SMILES string of the molecule is CCOC1CC(NC(=O)NC(C)CO)C12CCCCC2. The van der Waals surface area contributed by atoms with Gasteiger partial charge >= 0.3 is 6.03 Å². The molecular formula is C15H28N2O3. The number of amides is 2.